The highest BCUT2D eigenvalue weighted by Crippen LogP contribution is 2.36. The molecule has 2 unspecified atom stereocenters. The van der Waals surface area contributed by atoms with Gasteiger partial charge in [0.2, 0.25) is 5.88 Å². The molecule has 2 N–H and O–H groups in total. The summed E-state index contributed by atoms with van der Waals surface area (Å²) in [7, 11) is 0. The Labute approximate surface area is 137 Å². The molecule has 1 aromatic heterocycles. The minimum atomic E-state index is -0.588. The average molecular weight is 332 g/mol. The van der Waals surface area contributed by atoms with Crippen LogP contribution in [0.15, 0.2) is 35.1 Å². The molecule has 2 heterocycles. The van der Waals surface area contributed by atoms with E-state index in [1.54, 1.807) is 6.92 Å². The number of fused-ring (bicyclic) bond motifs is 1. The number of ether oxygens (including phenoxy) is 2. The fraction of sp³-hybridized carbons (Fsp3) is 0.312. The van der Waals surface area contributed by atoms with E-state index in [0.717, 1.165) is 5.56 Å². The van der Waals surface area contributed by atoms with Crippen LogP contribution in [-0.4, -0.2) is 22.5 Å². The van der Waals surface area contributed by atoms with Crippen molar-refractivity contribution in [2.24, 2.45) is 5.92 Å². The topological polar surface area (TPSA) is 84.2 Å². The van der Waals surface area contributed by atoms with Gasteiger partial charge in [0, 0.05) is 6.42 Å². The normalized spacial score (nSPS) is 19.5. The fourth-order valence-corrected chi connectivity index (χ4v) is 2.90. The lowest BCUT2D eigenvalue weighted by molar-refractivity contribution is -0.152. The third-order valence-corrected chi connectivity index (χ3v) is 3.96. The van der Waals surface area contributed by atoms with Crippen LogP contribution < -0.4 is 10.3 Å². The molecule has 2 aromatic rings. The van der Waals surface area contributed by atoms with Crippen molar-refractivity contribution < 1.29 is 14.3 Å². The van der Waals surface area contributed by atoms with Gasteiger partial charge in [0.1, 0.15) is 12.0 Å². The van der Waals surface area contributed by atoms with Crippen molar-refractivity contribution in [1.82, 2.24) is 9.97 Å². The van der Waals surface area contributed by atoms with E-state index >= 15 is 0 Å². The second-order valence-corrected chi connectivity index (χ2v) is 5.64. The Bertz CT molecular complexity index is 828. The van der Waals surface area contributed by atoms with E-state index in [-0.39, 0.29) is 29.3 Å². The summed E-state index contributed by atoms with van der Waals surface area (Å²) in [6.45, 7) is 2.02. The van der Waals surface area contributed by atoms with Crippen LogP contribution in [-0.2, 0) is 16.0 Å². The summed E-state index contributed by atoms with van der Waals surface area (Å²) in [4.78, 5) is 29.8. The first kappa shape index (κ1) is 15.5. The van der Waals surface area contributed by atoms with Crippen LogP contribution in [0, 0.1) is 10.7 Å². The molecule has 23 heavy (non-hydrogen) atoms. The molecule has 0 fully saturated rings. The van der Waals surface area contributed by atoms with Crippen LogP contribution in [0.25, 0.3) is 0 Å². The molecule has 0 saturated heterocycles. The van der Waals surface area contributed by atoms with E-state index in [4.69, 9.17) is 21.7 Å². The van der Waals surface area contributed by atoms with Crippen molar-refractivity contribution in [3.8, 4) is 5.88 Å². The van der Waals surface area contributed by atoms with Gasteiger partial charge >= 0.3 is 5.97 Å². The van der Waals surface area contributed by atoms with Gasteiger partial charge in [-0.15, -0.1) is 0 Å². The zero-order valence-electron chi connectivity index (χ0n) is 12.5. The molecule has 0 amide bonds. The number of benzene rings is 1. The molecule has 3 rings (SSSR count). The van der Waals surface area contributed by atoms with Gasteiger partial charge in [-0.1, -0.05) is 30.3 Å². The van der Waals surface area contributed by atoms with Crippen molar-refractivity contribution in [2.45, 2.75) is 19.4 Å². The summed E-state index contributed by atoms with van der Waals surface area (Å²) in [5.74, 6) is -0.655. The van der Waals surface area contributed by atoms with Crippen LogP contribution in [0.5, 0.6) is 5.88 Å². The minimum absolute atomic E-state index is 0.190. The van der Waals surface area contributed by atoms with Crippen molar-refractivity contribution in [3.63, 3.8) is 0 Å². The number of esters is 1. The van der Waals surface area contributed by atoms with Crippen LogP contribution in [0.2, 0.25) is 0 Å². The lowest BCUT2D eigenvalue weighted by Crippen LogP contribution is -2.36. The molecule has 0 aliphatic carbocycles. The Morgan fingerprint density at radius 3 is 2.78 bits per heavy atom. The summed E-state index contributed by atoms with van der Waals surface area (Å²) in [5.41, 5.74) is 0.879. The number of aromatic nitrogens is 2. The number of aromatic amines is 2. The molecule has 0 saturated carbocycles. The summed E-state index contributed by atoms with van der Waals surface area (Å²) >= 11 is 4.98. The van der Waals surface area contributed by atoms with Crippen molar-refractivity contribution in [2.75, 3.05) is 6.61 Å². The lowest BCUT2D eigenvalue weighted by Gasteiger charge is -2.31. The van der Waals surface area contributed by atoms with Gasteiger partial charge in [-0.25, -0.2) is 0 Å². The molecule has 6 nitrogen and oxygen atoms in total. The Hall–Kier alpha value is -2.41. The van der Waals surface area contributed by atoms with Gasteiger partial charge in [0.25, 0.3) is 5.56 Å². The molecule has 0 bridgehead atoms. The quantitative estimate of drug-likeness (QED) is 0.665. The highest BCUT2D eigenvalue weighted by molar-refractivity contribution is 7.71. The molecule has 1 aliphatic heterocycles. The first-order chi connectivity index (χ1) is 11.1. The van der Waals surface area contributed by atoms with Gasteiger partial charge in [-0.3, -0.25) is 14.6 Å². The van der Waals surface area contributed by atoms with Crippen molar-refractivity contribution in [1.29, 1.82) is 0 Å². The van der Waals surface area contributed by atoms with Gasteiger partial charge < -0.3 is 14.5 Å². The number of H-pyrrole nitrogens is 2. The zero-order chi connectivity index (χ0) is 16.4. The summed E-state index contributed by atoms with van der Waals surface area (Å²) in [6.07, 6.45) is -0.301. The third-order valence-electron chi connectivity index (χ3n) is 3.75. The van der Waals surface area contributed by atoms with Crippen molar-refractivity contribution >= 4 is 18.2 Å². The maximum atomic E-state index is 12.3. The zero-order valence-corrected chi connectivity index (χ0v) is 13.3. The number of hydrogen-bond acceptors (Lipinski definition) is 5. The van der Waals surface area contributed by atoms with Crippen LogP contribution in [0.4, 0.5) is 0 Å². The predicted molar refractivity (Wildman–Crippen MR) is 85.9 cm³/mol. The second kappa shape index (κ2) is 6.37. The maximum absolute atomic E-state index is 12.3. The third kappa shape index (κ3) is 3.05. The highest BCUT2D eigenvalue weighted by atomic mass is 32.1. The van der Waals surface area contributed by atoms with E-state index in [9.17, 15) is 9.59 Å². The SMILES string of the molecule is CCOC(=O)C1Cc2c([nH]c(=S)[nH]c2=O)OC1c1ccccc1. The number of carbonyl (C=O) groups excluding carboxylic acids is 1. The van der Waals surface area contributed by atoms with E-state index in [1.165, 1.54) is 0 Å². The molecule has 0 radical (unpaired) electrons. The summed E-state index contributed by atoms with van der Waals surface area (Å²) in [6, 6.07) is 9.39. The monoisotopic (exact) mass is 332 g/mol. The largest absolute Gasteiger partial charge is 0.469 e. The number of nitrogens with one attached hydrogen (secondary N) is 2. The minimum Gasteiger partial charge on any atom is -0.469 e. The second-order valence-electron chi connectivity index (χ2n) is 5.23. The number of rotatable bonds is 3. The first-order valence-electron chi connectivity index (χ1n) is 7.34. The van der Waals surface area contributed by atoms with Gasteiger partial charge in [-0.05, 0) is 24.7 Å². The Morgan fingerprint density at radius 1 is 1.35 bits per heavy atom. The molecule has 1 aromatic carbocycles. The molecular formula is C16H16N2O4S. The molecular weight excluding hydrogens is 316 g/mol. The van der Waals surface area contributed by atoms with Crippen molar-refractivity contribution in [3.05, 3.63) is 56.6 Å². The van der Waals surface area contributed by atoms with Gasteiger partial charge in [0.05, 0.1) is 12.2 Å². The maximum Gasteiger partial charge on any atom is 0.313 e. The van der Waals surface area contributed by atoms with Crippen LogP contribution in [0.1, 0.15) is 24.2 Å². The van der Waals surface area contributed by atoms with E-state index in [1.807, 2.05) is 30.3 Å². The lowest BCUT2D eigenvalue weighted by atomic mass is 9.88. The fourth-order valence-electron chi connectivity index (χ4n) is 2.71. The molecule has 2 atom stereocenters. The summed E-state index contributed by atoms with van der Waals surface area (Å²) in [5, 5.41) is 0. The predicted octanol–water partition coefficient (Wildman–Crippen LogP) is 2.29. The average Bonchev–Trinajstić information content (AvgIpc) is 2.54. The number of carbonyl (C=O) groups is 1. The molecule has 1 aliphatic rings. The first-order valence-corrected chi connectivity index (χ1v) is 7.74. The van der Waals surface area contributed by atoms with E-state index < -0.39 is 12.0 Å². The van der Waals surface area contributed by atoms with Crippen LogP contribution in [0.3, 0.4) is 0 Å². The Morgan fingerprint density at radius 2 is 2.09 bits per heavy atom. The Balaban J connectivity index is 2.06. The molecule has 7 heteroatoms. The van der Waals surface area contributed by atoms with Crippen LogP contribution >= 0.6 is 12.2 Å². The summed E-state index contributed by atoms with van der Waals surface area (Å²) < 4.78 is 11.3. The highest BCUT2D eigenvalue weighted by Gasteiger charge is 2.38. The van der Waals surface area contributed by atoms with Gasteiger partial charge in [-0.2, -0.15) is 0 Å². The number of hydrogen-bond donors (Lipinski definition) is 2. The molecule has 120 valence electrons. The smallest absolute Gasteiger partial charge is 0.313 e. The van der Waals surface area contributed by atoms with E-state index in [0.29, 0.717) is 11.4 Å². The van der Waals surface area contributed by atoms with E-state index in [2.05, 4.69) is 9.97 Å². The molecule has 0 spiro atoms. The van der Waals surface area contributed by atoms with Gasteiger partial charge in [0.15, 0.2) is 4.77 Å². The Kier molecular flexibility index (Phi) is 4.29. The standard InChI is InChI=1S/C16H16N2O4S/c1-2-21-15(20)10-8-11-13(19)17-16(23)18-14(11)22-12(10)9-6-4-3-5-7-9/h3-7,10,12H,2,8H2,1H3,(H2,17,18,19,23).